The first-order chi connectivity index (χ1) is 9.78. The summed E-state index contributed by atoms with van der Waals surface area (Å²) >= 11 is 6.07. The number of benzene rings is 1. The van der Waals surface area contributed by atoms with E-state index in [4.69, 9.17) is 17.3 Å². The van der Waals surface area contributed by atoms with Gasteiger partial charge in [-0.05, 0) is 31.0 Å². The number of rotatable bonds is 3. The number of hydrogen-bond acceptors (Lipinski definition) is 4. The smallest absolute Gasteiger partial charge is 0.245 e. The molecule has 6 nitrogen and oxygen atoms in total. The number of sulfonamides is 1. The van der Waals surface area contributed by atoms with Crippen molar-refractivity contribution in [1.82, 2.24) is 9.62 Å². The first kappa shape index (κ1) is 16.1. The topological polar surface area (TPSA) is 92.5 Å². The van der Waals surface area contributed by atoms with Gasteiger partial charge in [0.25, 0.3) is 0 Å². The van der Waals surface area contributed by atoms with Crippen LogP contribution in [0.2, 0.25) is 5.02 Å². The molecule has 1 aliphatic rings. The van der Waals surface area contributed by atoms with Crippen molar-refractivity contribution in [2.45, 2.75) is 31.2 Å². The van der Waals surface area contributed by atoms with Crippen LogP contribution in [0.5, 0.6) is 0 Å². The summed E-state index contributed by atoms with van der Waals surface area (Å²) in [6.45, 7) is 4.02. The lowest BCUT2D eigenvalue weighted by Crippen LogP contribution is -2.56. The molecule has 1 aromatic rings. The molecule has 0 radical (unpaired) electrons. The van der Waals surface area contributed by atoms with Gasteiger partial charge in [0.15, 0.2) is 0 Å². The van der Waals surface area contributed by atoms with Gasteiger partial charge in [0.05, 0.1) is 5.02 Å². The molecule has 1 aliphatic heterocycles. The monoisotopic (exact) mass is 331 g/mol. The Morgan fingerprint density at radius 1 is 1.48 bits per heavy atom. The van der Waals surface area contributed by atoms with E-state index in [9.17, 15) is 13.2 Å². The molecule has 0 aliphatic carbocycles. The zero-order chi connectivity index (χ0) is 15.8. The van der Waals surface area contributed by atoms with Crippen molar-refractivity contribution in [3.63, 3.8) is 0 Å². The molecule has 2 rings (SSSR count). The van der Waals surface area contributed by atoms with E-state index in [-0.39, 0.29) is 28.9 Å². The van der Waals surface area contributed by atoms with Gasteiger partial charge >= 0.3 is 0 Å². The average Bonchev–Trinajstić information content (AvgIpc) is 2.42. The molecule has 0 aromatic heterocycles. The summed E-state index contributed by atoms with van der Waals surface area (Å²) in [5.41, 5.74) is 6.85. The summed E-state index contributed by atoms with van der Waals surface area (Å²) in [7, 11) is -3.87. The number of anilines is 1. The number of aryl methyl sites for hydroxylation is 1. The Bertz CT molecular complexity index is 675. The molecule has 3 N–H and O–H groups in total. The maximum absolute atomic E-state index is 12.8. The Kier molecular flexibility index (Phi) is 4.46. The zero-order valence-corrected chi connectivity index (χ0v) is 13.5. The number of nitrogens with one attached hydrogen (secondary N) is 1. The molecular weight excluding hydrogens is 314 g/mol. The molecule has 1 fully saturated rings. The highest BCUT2D eigenvalue weighted by molar-refractivity contribution is 7.89. The highest BCUT2D eigenvalue weighted by Crippen LogP contribution is 2.30. The third kappa shape index (κ3) is 2.86. The van der Waals surface area contributed by atoms with Gasteiger partial charge in [-0.2, -0.15) is 4.31 Å². The normalized spacial score (nSPS) is 20.3. The number of carbonyl (C=O) groups excluding carboxylic acids is 1. The third-order valence-electron chi connectivity index (χ3n) is 3.58. The van der Waals surface area contributed by atoms with Crippen molar-refractivity contribution in [1.29, 1.82) is 0 Å². The SMILES string of the molecule is CCC1C(=O)NCCN1S(=O)(=O)c1cc(N)c(C)cc1Cl. The third-order valence-corrected chi connectivity index (χ3v) is 5.95. The van der Waals surface area contributed by atoms with Gasteiger partial charge in [0, 0.05) is 18.8 Å². The van der Waals surface area contributed by atoms with Gasteiger partial charge in [-0.25, -0.2) is 8.42 Å². The fraction of sp³-hybridized carbons (Fsp3) is 0.462. The van der Waals surface area contributed by atoms with Crippen LogP contribution >= 0.6 is 11.6 Å². The van der Waals surface area contributed by atoms with Crippen molar-refractivity contribution in [2.75, 3.05) is 18.8 Å². The molecule has 1 atom stereocenters. The van der Waals surface area contributed by atoms with Gasteiger partial charge in [0.1, 0.15) is 10.9 Å². The highest BCUT2D eigenvalue weighted by Gasteiger charge is 2.38. The van der Waals surface area contributed by atoms with Crippen LogP contribution in [-0.4, -0.2) is 37.8 Å². The number of nitrogen functional groups attached to an aromatic ring is 1. The molecule has 116 valence electrons. The summed E-state index contributed by atoms with van der Waals surface area (Å²) in [5.74, 6) is -0.288. The van der Waals surface area contributed by atoms with Crippen LogP contribution in [-0.2, 0) is 14.8 Å². The van der Waals surface area contributed by atoms with E-state index in [0.29, 0.717) is 17.7 Å². The van der Waals surface area contributed by atoms with E-state index in [1.807, 2.05) is 0 Å². The first-order valence-electron chi connectivity index (χ1n) is 6.64. The van der Waals surface area contributed by atoms with Crippen molar-refractivity contribution >= 4 is 33.2 Å². The van der Waals surface area contributed by atoms with E-state index >= 15 is 0 Å². The van der Waals surface area contributed by atoms with Gasteiger partial charge in [-0.1, -0.05) is 18.5 Å². The maximum Gasteiger partial charge on any atom is 0.245 e. The van der Waals surface area contributed by atoms with Gasteiger partial charge in [-0.3, -0.25) is 4.79 Å². The Labute approximate surface area is 129 Å². The Hall–Kier alpha value is -1.31. The van der Waals surface area contributed by atoms with Gasteiger partial charge in [0.2, 0.25) is 15.9 Å². The summed E-state index contributed by atoms with van der Waals surface area (Å²) in [6, 6.07) is 2.16. The Morgan fingerprint density at radius 3 is 2.76 bits per heavy atom. The largest absolute Gasteiger partial charge is 0.398 e. The molecule has 8 heteroatoms. The van der Waals surface area contributed by atoms with Crippen molar-refractivity contribution in [3.8, 4) is 0 Å². The van der Waals surface area contributed by atoms with Crippen molar-refractivity contribution in [3.05, 3.63) is 22.7 Å². The minimum atomic E-state index is -3.87. The van der Waals surface area contributed by atoms with E-state index in [1.165, 1.54) is 16.4 Å². The standard InChI is InChI=1S/C13H18ClN3O3S/c1-3-11-13(18)16-4-5-17(11)21(19,20)12-7-10(15)8(2)6-9(12)14/h6-7,11H,3-5,15H2,1-2H3,(H,16,18). The fourth-order valence-corrected chi connectivity index (χ4v) is 4.62. The highest BCUT2D eigenvalue weighted by atomic mass is 35.5. The second-order valence-corrected chi connectivity index (χ2v) is 7.24. The number of carbonyl (C=O) groups is 1. The number of amides is 1. The minimum absolute atomic E-state index is 0.0552. The van der Waals surface area contributed by atoms with Gasteiger partial charge < -0.3 is 11.1 Å². The predicted molar refractivity (Wildman–Crippen MR) is 81.6 cm³/mol. The van der Waals surface area contributed by atoms with Crippen LogP contribution in [0.25, 0.3) is 0 Å². The molecular formula is C13H18ClN3O3S. The molecule has 1 aromatic carbocycles. The first-order valence-corrected chi connectivity index (χ1v) is 8.46. The molecule has 1 saturated heterocycles. The van der Waals surface area contributed by atoms with Crippen LogP contribution in [0, 0.1) is 6.92 Å². The molecule has 1 amide bonds. The minimum Gasteiger partial charge on any atom is -0.398 e. The number of piperazine rings is 1. The summed E-state index contributed by atoms with van der Waals surface area (Å²) in [5, 5.41) is 2.78. The summed E-state index contributed by atoms with van der Waals surface area (Å²) in [6.07, 6.45) is 0.393. The maximum atomic E-state index is 12.8. The van der Waals surface area contributed by atoms with Gasteiger partial charge in [-0.15, -0.1) is 0 Å². The lowest BCUT2D eigenvalue weighted by atomic mass is 10.2. The fourth-order valence-electron chi connectivity index (χ4n) is 2.36. The van der Waals surface area contributed by atoms with Crippen molar-refractivity contribution < 1.29 is 13.2 Å². The number of nitrogens with two attached hydrogens (primary N) is 1. The lowest BCUT2D eigenvalue weighted by molar-refractivity contribution is -0.126. The summed E-state index contributed by atoms with van der Waals surface area (Å²) in [4.78, 5) is 11.8. The zero-order valence-electron chi connectivity index (χ0n) is 11.9. The lowest BCUT2D eigenvalue weighted by Gasteiger charge is -2.33. The van der Waals surface area contributed by atoms with Crippen LogP contribution in [0.1, 0.15) is 18.9 Å². The summed E-state index contributed by atoms with van der Waals surface area (Å²) < 4.78 is 26.8. The second kappa shape index (κ2) is 5.82. The molecule has 1 heterocycles. The quantitative estimate of drug-likeness (QED) is 0.812. The Morgan fingerprint density at radius 2 is 2.14 bits per heavy atom. The van der Waals surface area contributed by atoms with Crippen LogP contribution in [0.4, 0.5) is 5.69 Å². The van der Waals surface area contributed by atoms with E-state index in [2.05, 4.69) is 5.32 Å². The van der Waals surface area contributed by atoms with E-state index in [1.54, 1.807) is 13.8 Å². The van der Waals surface area contributed by atoms with E-state index in [0.717, 1.165) is 0 Å². The van der Waals surface area contributed by atoms with Crippen LogP contribution in [0.15, 0.2) is 17.0 Å². The van der Waals surface area contributed by atoms with E-state index < -0.39 is 16.1 Å². The van der Waals surface area contributed by atoms with Crippen LogP contribution < -0.4 is 11.1 Å². The molecule has 21 heavy (non-hydrogen) atoms. The number of hydrogen-bond donors (Lipinski definition) is 2. The predicted octanol–water partition coefficient (Wildman–Crippen LogP) is 1.13. The second-order valence-electron chi connectivity index (χ2n) is 4.97. The number of halogens is 1. The van der Waals surface area contributed by atoms with Crippen LogP contribution in [0.3, 0.4) is 0 Å². The Balaban J connectivity index is 2.51. The average molecular weight is 332 g/mol. The molecule has 0 bridgehead atoms. The number of nitrogens with zero attached hydrogens (tertiary/aromatic N) is 1. The van der Waals surface area contributed by atoms with Crippen molar-refractivity contribution in [2.24, 2.45) is 0 Å². The molecule has 1 unspecified atom stereocenters. The molecule has 0 saturated carbocycles. The molecule has 0 spiro atoms.